The fourth-order valence-corrected chi connectivity index (χ4v) is 6.80. The van der Waals surface area contributed by atoms with Crippen LogP contribution in [0.25, 0.3) is 93.8 Å². The van der Waals surface area contributed by atoms with E-state index in [1.807, 2.05) is 73.1 Å². The van der Waals surface area contributed by atoms with E-state index in [0.717, 1.165) is 89.0 Å². The molecule has 0 N–H and O–H groups in total. The average molecular weight is 652 g/mol. The van der Waals surface area contributed by atoms with Gasteiger partial charge in [-0.05, 0) is 52.6 Å². The number of aromatic nitrogens is 2. The maximum absolute atomic E-state index is 7.36. The maximum atomic E-state index is 7.36. The topological polar surface area (TPSA) is 43.3 Å². The largest absolute Gasteiger partial charge is 0.455 e. The summed E-state index contributed by atoms with van der Waals surface area (Å²) in [7, 11) is 0. The van der Waals surface area contributed by atoms with Gasteiger partial charge in [-0.3, -0.25) is 9.97 Å². The Labute approximate surface area is 295 Å². The number of fused-ring (bicyclic) bond motifs is 3. The van der Waals surface area contributed by atoms with Crippen LogP contribution in [0.2, 0.25) is 0 Å². The molecule has 0 aliphatic heterocycles. The number of nitrogens with zero attached hydrogens (tertiary/aromatic N) is 3. The molecule has 0 fully saturated rings. The normalized spacial score (nSPS) is 11.1. The lowest BCUT2D eigenvalue weighted by molar-refractivity contribution is 0.671. The Morgan fingerprint density at radius 3 is 1.33 bits per heavy atom. The fraction of sp³-hybridized carbons (Fsp3) is 0. The number of benzene rings is 6. The first-order chi connectivity index (χ1) is 25.2. The van der Waals surface area contributed by atoms with Gasteiger partial charge in [-0.1, -0.05) is 133 Å². The summed E-state index contributed by atoms with van der Waals surface area (Å²) < 4.78 is 6.82. The van der Waals surface area contributed by atoms with Crippen LogP contribution in [0.5, 0.6) is 0 Å². The molecule has 51 heavy (non-hydrogen) atoms. The van der Waals surface area contributed by atoms with E-state index in [0.29, 0.717) is 5.69 Å². The molecule has 4 nitrogen and oxygen atoms in total. The Balaban J connectivity index is 1.20. The number of para-hydroxylation sites is 2. The highest BCUT2D eigenvalue weighted by Gasteiger charge is 2.17. The molecule has 4 heteroatoms. The van der Waals surface area contributed by atoms with Crippen LogP contribution in [0.15, 0.2) is 181 Å². The molecular formula is C47H29N3O. The van der Waals surface area contributed by atoms with Crippen molar-refractivity contribution in [2.75, 3.05) is 0 Å². The maximum Gasteiger partial charge on any atom is 0.187 e. The van der Waals surface area contributed by atoms with Gasteiger partial charge in [0.1, 0.15) is 11.2 Å². The van der Waals surface area contributed by atoms with Crippen molar-refractivity contribution in [3.63, 3.8) is 0 Å². The van der Waals surface area contributed by atoms with Gasteiger partial charge in [0, 0.05) is 56.5 Å². The van der Waals surface area contributed by atoms with Crippen LogP contribution >= 0.6 is 0 Å². The van der Waals surface area contributed by atoms with Crippen molar-refractivity contribution in [3.05, 3.63) is 188 Å². The van der Waals surface area contributed by atoms with E-state index in [4.69, 9.17) is 21.0 Å². The predicted octanol–water partition coefficient (Wildman–Crippen LogP) is 12.9. The highest BCUT2D eigenvalue weighted by molar-refractivity contribution is 6.13. The second kappa shape index (κ2) is 12.7. The molecule has 0 saturated heterocycles. The lowest BCUT2D eigenvalue weighted by Crippen LogP contribution is -1.90. The lowest BCUT2D eigenvalue weighted by atomic mass is 9.93. The third-order valence-electron chi connectivity index (χ3n) is 9.41. The summed E-state index contributed by atoms with van der Waals surface area (Å²) >= 11 is 0. The molecule has 0 aliphatic carbocycles. The number of hydrogen-bond donors (Lipinski definition) is 0. The molecule has 0 aliphatic rings. The van der Waals surface area contributed by atoms with E-state index in [-0.39, 0.29) is 0 Å². The Kier molecular flexibility index (Phi) is 7.50. The summed E-state index contributed by atoms with van der Waals surface area (Å²) in [6, 6.07) is 55.9. The fourth-order valence-electron chi connectivity index (χ4n) is 6.80. The molecule has 0 saturated carbocycles. The molecular weight excluding hydrogens is 623 g/mol. The monoisotopic (exact) mass is 651 g/mol. The van der Waals surface area contributed by atoms with Gasteiger partial charge in [-0.25, -0.2) is 4.85 Å². The zero-order chi connectivity index (χ0) is 34.1. The molecule has 6 aromatic carbocycles. The van der Waals surface area contributed by atoms with E-state index in [2.05, 4.69) is 108 Å². The van der Waals surface area contributed by atoms with Gasteiger partial charge >= 0.3 is 0 Å². The zero-order valence-corrected chi connectivity index (χ0v) is 27.5. The summed E-state index contributed by atoms with van der Waals surface area (Å²) in [5.74, 6) is 0. The van der Waals surface area contributed by atoms with E-state index in [1.54, 1.807) is 0 Å². The average Bonchev–Trinajstić information content (AvgIpc) is 3.61. The van der Waals surface area contributed by atoms with Gasteiger partial charge in [0.25, 0.3) is 0 Å². The van der Waals surface area contributed by atoms with Gasteiger partial charge in [0.2, 0.25) is 0 Å². The lowest BCUT2D eigenvalue weighted by Gasteiger charge is -2.12. The van der Waals surface area contributed by atoms with Crippen LogP contribution in [0.1, 0.15) is 0 Å². The Morgan fingerprint density at radius 2 is 0.863 bits per heavy atom. The van der Waals surface area contributed by atoms with E-state index >= 15 is 0 Å². The number of furan rings is 1. The Hall–Kier alpha value is -7.09. The van der Waals surface area contributed by atoms with Gasteiger partial charge in [-0.2, -0.15) is 0 Å². The molecule has 0 spiro atoms. The standard InChI is InChI=1S/C47H29N3O/c1-48-39-22-18-31(19-23-39)40-14-8-16-42-43-17-9-15-41(47(43)51-46(40)42)38-27-36(34-20-24-44(49-29-34)32-10-4-2-5-11-32)26-37(28-38)35-21-25-45(50-30-35)33-12-6-3-7-13-33/h2-30H. The molecule has 3 aromatic heterocycles. The first-order valence-electron chi connectivity index (χ1n) is 16.8. The van der Waals surface area contributed by atoms with Crippen LogP contribution in [0.3, 0.4) is 0 Å². The second-order valence-electron chi connectivity index (χ2n) is 12.5. The van der Waals surface area contributed by atoms with Crippen molar-refractivity contribution in [2.24, 2.45) is 0 Å². The Bertz CT molecular complexity index is 2610. The molecule has 0 unspecified atom stereocenters. The zero-order valence-electron chi connectivity index (χ0n) is 27.5. The summed E-state index contributed by atoms with van der Waals surface area (Å²) in [6.45, 7) is 7.36. The van der Waals surface area contributed by atoms with Gasteiger partial charge < -0.3 is 4.42 Å². The molecule has 0 radical (unpaired) electrons. The summed E-state index contributed by atoms with van der Waals surface area (Å²) in [6.07, 6.45) is 3.91. The first kappa shape index (κ1) is 30.0. The van der Waals surface area contributed by atoms with Crippen LogP contribution < -0.4 is 0 Å². The van der Waals surface area contributed by atoms with Gasteiger partial charge in [0.15, 0.2) is 5.69 Å². The van der Waals surface area contributed by atoms with Crippen LogP contribution in [0, 0.1) is 6.57 Å². The number of rotatable bonds is 6. The predicted molar refractivity (Wildman–Crippen MR) is 208 cm³/mol. The quantitative estimate of drug-likeness (QED) is 0.168. The van der Waals surface area contributed by atoms with Gasteiger partial charge in [0.05, 0.1) is 18.0 Å². The minimum Gasteiger partial charge on any atom is -0.455 e. The summed E-state index contributed by atoms with van der Waals surface area (Å²) in [5, 5.41) is 2.10. The van der Waals surface area contributed by atoms with Crippen molar-refractivity contribution in [3.8, 4) is 67.0 Å². The van der Waals surface area contributed by atoms with Crippen LogP contribution in [-0.4, -0.2) is 9.97 Å². The SMILES string of the molecule is [C-]#[N+]c1ccc(-c2cccc3c2oc2c(-c4cc(-c5ccc(-c6ccccc6)nc5)cc(-c5ccc(-c6ccccc6)nc5)c4)cccc23)cc1. The van der Waals surface area contributed by atoms with Gasteiger partial charge in [-0.15, -0.1) is 0 Å². The van der Waals surface area contributed by atoms with Crippen molar-refractivity contribution in [1.29, 1.82) is 0 Å². The van der Waals surface area contributed by atoms with E-state index in [9.17, 15) is 0 Å². The van der Waals surface area contributed by atoms with Crippen LogP contribution in [-0.2, 0) is 0 Å². The molecule has 3 heterocycles. The van der Waals surface area contributed by atoms with Crippen molar-refractivity contribution >= 4 is 27.6 Å². The van der Waals surface area contributed by atoms with Crippen LogP contribution in [0.4, 0.5) is 5.69 Å². The molecule has 0 bridgehead atoms. The molecule has 9 aromatic rings. The highest BCUT2D eigenvalue weighted by Crippen LogP contribution is 2.42. The number of hydrogen-bond acceptors (Lipinski definition) is 3. The third kappa shape index (κ3) is 5.63. The molecule has 238 valence electrons. The number of pyridine rings is 2. The smallest absolute Gasteiger partial charge is 0.187 e. The minimum atomic E-state index is 0.614. The summed E-state index contributed by atoms with van der Waals surface area (Å²) in [5.41, 5.74) is 14.5. The first-order valence-corrected chi connectivity index (χ1v) is 16.8. The van der Waals surface area contributed by atoms with E-state index < -0.39 is 0 Å². The summed E-state index contributed by atoms with van der Waals surface area (Å²) in [4.78, 5) is 13.3. The van der Waals surface area contributed by atoms with Crippen molar-refractivity contribution in [2.45, 2.75) is 0 Å². The Morgan fingerprint density at radius 1 is 0.392 bits per heavy atom. The van der Waals surface area contributed by atoms with Crippen molar-refractivity contribution < 1.29 is 4.42 Å². The van der Waals surface area contributed by atoms with Crippen molar-refractivity contribution in [1.82, 2.24) is 9.97 Å². The molecule has 0 amide bonds. The third-order valence-corrected chi connectivity index (χ3v) is 9.41. The molecule has 0 atom stereocenters. The highest BCUT2D eigenvalue weighted by atomic mass is 16.3. The second-order valence-corrected chi connectivity index (χ2v) is 12.5. The molecule has 9 rings (SSSR count). The van der Waals surface area contributed by atoms with E-state index in [1.165, 1.54) is 0 Å². The minimum absolute atomic E-state index is 0.614.